The van der Waals surface area contributed by atoms with E-state index in [1.54, 1.807) is 13.1 Å². The molecule has 35 heavy (non-hydrogen) atoms. The first-order chi connectivity index (χ1) is 16.9. The molecule has 0 spiro atoms. The summed E-state index contributed by atoms with van der Waals surface area (Å²) in [4.78, 5) is 34.2. The van der Waals surface area contributed by atoms with Crippen molar-refractivity contribution in [2.45, 2.75) is 58.2 Å². The molecule has 0 aliphatic heterocycles. The van der Waals surface area contributed by atoms with Gasteiger partial charge in [0.2, 0.25) is 5.91 Å². The minimum atomic E-state index is -1.02. The molecule has 2 N–H and O–H groups in total. The zero-order valence-electron chi connectivity index (χ0n) is 20.7. The molecule has 0 fully saturated rings. The van der Waals surface area contributed by atoms with Crippen molar-refractivity contribution < 1.29 is 19.4 Å². The quantitative estimate of drug-likeness (QED) is 0.376. The van der Waals surface area contributed by atoms with E-state index in [9.17, 15) is 14.7 Å². The van der Waals surface area contributed by atoms with Crippen LogP contribution in [0.2, 0.25) is 0 Å². The van der Waals surface area contributed by atoms with Crippen molar-refractivity contribution in [1.29, 1.82) is 0 Å². The molecule has 0 bridgehead atoms. The van der Waals surface area contributed by atoms with E-state index in [0.717, 1.165) is 18.4 Å². The van der Waals surface area contributed by atoms with E-state index >= 15 is 0 Å². The van der Waals surface area contributed by atoms with Crippen LogP contribution in [0, 0.1) is 11.8 Å². The van der Waals surface area contributed by atoms with Crippen LogP contribution in [0.1, 0.15) is 55.6 Å². The molecule has 186 valence electrons. The van der Waals surface area contributed by atoms with Gasteiger partial charge in [-0.2, -0.15) is 0 Å². The van der Waals surface area contributed by atoms with Crippen molar-refractivity contribution in [1.82, 2.24) is 15.3 Å². The largest absolute Gasteiger partial charge is 0.454 e. The third kappa shape index (κ3) is 7.86. The second-order valence-corrected chi connectivity index (χ2v) is 9.32. The lowest BCUT2D eigenvalue weighted by atomic mass is 9.89. The number of aliphatic hydroxyl groups excluding tert-OH is 1. The molecule has 7 heteroatoms. The molecule has 3 aromatic rings. The van der Waals surface area contributed by atoms with E-state index in [1.807, 2.05) is 48.5 Å². The monoisotopic (exact) mass is 477 g/mol. The lowest BCUT2D eigenvalue weighted by Crippen LogP contribution is -2.38. The Morgan fingerprint density at radius 3 is 2.37 bits per heavy atom. The summed E-state index contributed by atoms with van der Waals surface area (Å²) in [5.74, 6) is -0.594. The van der Waals surface area contributed by atoms with Gasteiger partial charge in [-0.25, -0.2) is 9.78 Å². The van der Waals surface area contributed by atoms with Gasteiger partial charge in [-0.1, -0.05) is 69.2 Å². The number of para-hydroxylation sites is 2. The van der Waals surface area contributed by atoms with Gasteiger partial charge in [-0.05, 0) is 36.5 Å². The number of amides is 1. The first kappa shape index (κ1) is 26.3. The van der Waals surface area contributed by atoms with Gasteiger partial charge in [0.1, 0.15) is 6.10 Å². The van der Waals surface area contributed by atoms with Crippen molar-refractivity contribution in [2.24, 2.45) is 11.8 Å². The lowest BCUT2D eigenvalue weighted by Gasteiger charge is -2.26. The van der Waals surface area contributed by atoms with Crippen LogP contribution in [0.25, 0.3) is 11.0 Å². The number of nitrogens with one attached hydrogen (secondary N) is 1. The summed E-state index contributed by atoms with van der Waals surface area (Å²) in [6.07, 6.45) is 2.61. The van der Waals surface area contributed by atoms with Crippen molar-refractivity contribution in [3.8, 4) is 0 Å². The van der Waals surface area contributed by atoms with Crippen molar-refractivity contribution >= 4 is 22.9 Å². The Morgan fingerprint density at radius 1 is 1.00 bits per heavy atom. The molecule has 0 unspecified atom stereocenters. The third-order valence-corrected chi connectivity index (χ3v) is 6.10. The zero-order valence-corrected chi connectivity index (χ0v) is 20.7. The highest BCUT2D eigenvalue weighted by Crippen LogP contribution is 2.22. The van der Waals surface area contributed by atoms with Gasteiger partial charge in [-0.3, -0.25) is 9.78 Å². The average Bonchev–Trinajstić information content (AvgIpc) is 2.87. The van der Waals surface area contributed by atoms with E-state index in [2.05, 4.69) is 29.1 Å². The molecule has 0 aliphatic rings. The van der Waals surface area contributed by atoms with Crippen LogP contribution >= 0.6 is 0 Å². The molecule has 0 saturated heterocycles. The van der Waals surface area contributed by atoms with Gasteiger partial charge < -0.3 is 15.2 Å². The standard InChI is InChI=1S/C28H35N3O4/c1-19(2)10-9-13-21(27(33)29-3)17-25(32)26(16-20-11-5-4-6-12-20)35-28(34)24-18-30-22-14-7-8-15-23(22)31-24/h4-8,11-12,14-15,18-19,21,25-26,32H,9-10,13,16-17H2,1-3H3,(H,29,33)/t21-,25+,26+/m1/s1. The van der Waals surface area contributed by atoms with Crippen LogP contribution in [0.5, 0.6) is 0 Å². The summed E-state index contributed by atoms with van der Waals surface area (Å²) >= 11 is 0. The maximum atomic E-state index is 13.0. The topological polar surface area (TPSA) is 101 Å². The Bertz CT molecular complexity index is 1100. The number of esters is 1. The highest BCUT2D eigenvalue weighted by molar-refractivity contribution is 5.89. The van der Waals surface area contributed by atoms with E-state index < -0.39 is 18.2 Å². The minimum Gasteiger partial charge on any atom is -0.454 e. The molecule has 1 heterocycles. The van der Waals surface area contributed by atoms with Gasteiger partial charge in [0.15, 0.2) is 5.69 Å². The Balaban J connectivity index is 1.77. The number of fused-ring (bicyclic) bond motifs is 1. The highest BCUT2D eigenvalue weighted by atomic mass is 16.6. The molecular weight excluding hydrogens is 442 g/mol. The average molecular weight is 478 g/mol. The highest BCUT2D eigenvalue weighted by Gasteiger charge is 2.30. The summed E-state index contributed by atoms with van der Waals surface area (Å²) in [6, 6.07) is 16.8. The molecule has 7 nitrogen and oxygen atoms in total. The van der Waals surface area contributed by atoms with E-state index in [1.165, 1.54) is 6.20 Å². The Kier molecular flexibility index (Phi) is 9.73. The number of aliphatic hydroxyl groups is 1. The minimum absolute atomic E-state index is 0.0775. The number of carbonyl (C=O) groups excluding carboxylic acids is 2. The third-order valence-electron chi connectivity index (χ3n) is 6.10. The van der Waals surface area contributed by atoms with Crippen LogP contribution < -0.4 is 5.32 Å². The number of hydrogen-bond acceptors (Lipinski definition) is 6. The maximum absolute atomic E-state index is 13.0. The number of hydrogen-bond donors (Lipinski definition) is 2. The molecule has 0 saturated carbocycles. The van der Waals surface area contributed by atoms with Gasteiger partial charge in [0.25, 0.3) is 0 Å². The van der Waals surface area contributed by atoms with Gasteiger partial charge in [0.05, 0.1) is 23.3 Å². The Labute approximate surface area is 206 Å². The number of ether oxygens (including phenoxy) is 1. The van der Waals surface area contributed by atoms with E-state index in [0.29, 0.717) is 29.8 Å². The van der Waals surface area contributed by atoms with Crippen LogP contribution in [-0.2, 0) is 16.0 Å². The number of nitrogens with zero attached hydrogens (tertiary/aromatic N) is 2. The fourth-order valence-corrected chi connectivity index (χ4v) is 4.13. The molecule has 1 amide bonds. The Morgan fingerprint density at radius 2 is 1.69 bits per heavy atom. The van der Waals surface area contributed by atoms with Crippen LogP contribution in [0.15, 0.2) is 60.8 Å². The molecule has 1 aromatic heterocycles. The summed E-state index contributed by atoms with van der Waals surface area (Å²) in [7, 11) is 1.60. The molecular formula is C28H35N3O4. The van der Waals surface area contributed by atoms with Crippen molar-refractivity contribution in [3.63, 3.8) is 0 Å². The zero-order chi connectivity index (χ0) is 25.2. The second kappa shape index (κ2) is 13.0. The number of benzene rings is 2. The number of aromatic nitrogens is 2. The predicted molar refractivity (Wildman–Crippen MR) is 136 cm³/mol. The van der Waals surface area contributed by atoms with Gasteiger partial charge in [-0.15, -0.1) is 0 Å². The van der Waals surface area contributed by atoms with Crippen LogP contribution in [0.4, 0.5) is 0 Å². The van der Waals surface area contributed by atoms with Gasteiger partial charge in [0, 0.05) is 19.4 Å². The molecule has 0 aliphatic carbocycles. The van der Waals surface area contributed by atoms with Crippen LogP contribution in [-0.4, -0.2) is 46.2 Å². The van der Waals surface area contributed by atoms with Crippen molar-refractivity contribution in [2.75, 3.05) is 7.05 Å². The number of carbonyl (C=O) groups is 2. The van der Waals surface area contributed by atoms with Crippen molar-refractivity contribution in [3.05, 3.63) is 72.1 Å². The van der Waals surface area contributed by atoms with Gasteiger partial charge >= 0.3 is 5.97 Å². The molecule has 3 atom stereocenters. The first-order valence-electron chi connectivity index (χ1n) is 12.2. The summed E-state index contributed by atoms with van der Waals surface area (Å²) < 4.78 is 5.79. The van der Waals surface area contributed by atoms with E-state index in [4.69, 9.17) is 4.74 Å². The lowest BCUT2D eigenvalue weighted by molar-refractivity contribution is -0.126. The smallest absolute Gasteiger partial charge is 0.358 e. The Hall–Kier alpha value is -3.32. The first-order valence-corrected chi connectivity index (χ1v) is 12.2. The fraction of sp³-hybridized carbons (Fsp3) is 0.429. The second-order valence-electron chi connectivity index (χ2n) is 9.32. The SMILES string of the molecule is CNC(=O)[C@H](CCCC(C)C)C[C@H](O)[C@H](Cc1ccccc1)OC(=O)c1cnc2ccccc2n1. The summed E-state index contributed by atoms with van der Waals surface area (Å²) in [5, 5.41) is 13.9. The maximum Gasteiger partial charge on any atom is 0.358 e. The molecule has 3 rings (SSSR count). The normalized spacial score (nSPS) is 13.9. The fourth-order valence-electron chi connectivity index (χ4n) is 4.13. The molecule has 2 aromatic carbocycles. The summed E-state index contributed by atoms with van der Waals surface area (Å²) in [5.41, 5.74) is 2.27. The van der Waals surface area contributed by atoms with E-state index in [-0.39, 0.29) is 23.9 Å². The number of rotatable bonds is 12. The predicted octanol–water partition coefficient (Wildman–Crippen LogP) is 4.34. The summed E-state index contributed by atoms with van der Waals surface area (Å²) in [6.45, 7) is 4.30. The molecule has 0 radical (unpaired) electrons. The van der Waals surface area contributed by atoms with Crippen LogP contribution in [0.3, 0.4) is 0 Å².